The molecule has 0 aliphatic heterocycles. The summed E-state index contributed by atoms with van der Waals surface area (Å²) in [6.45, 7) is 6.31. The van der Waals surface area contributed by atoms with Crippen LogP contribution in [0.3, 0.4) is 0 Å². The fraction of sp³-hybridized carbons (Fsp3) is 0.545. The highest BCUT2D eigenvalue weighted by Crippen LogP contribution is 2.43. The Morgan fingerprint density at radius 3 is 2.14 bits per heavy atom. The number of benzene rings is 1. The highest BCUT2D eigenvalue weighted by atomic mass is 16.6. The summed E-state index contributed by atoms with van der Waals surface area (Å²) in [4.78, 5) is 25.0. The van der Waals surface area contributed by atoms with Gasteiger partial charge in [0.2, 0.25) is 5.60 Å². The quantitative estimate of drug-likeness (QED) is 0.542. The lowest BCUT2D eigenvalue weighted by Crippen LogP contribution is -2.51. The Morgan fingerprint density at radius 1 is 1.00 bits per heavy atom. The average Bonchev–Trinajstić information content (AvgIpc) is 2.69. The molecule has 1 aromatic rings. The molecule has 1 saturated carbocycles. The topological polar surface area (TPSA) is 71.1 Å². The number of esters is 2. The van der Waals surface area contributed by atoms with Gasteiger partial charge in [0.25, 0.3) is 0 Å². The van der Waals surface area contributed by atoms with Crippen molar-refractivity contribution in [2.45, 2.75) is 39.2 Å². The van der Waals surface area contributed by atoms with Crippen LogP contribution in [0, 0.1) is 17.8 Å². The van der Waals surface area contributed by atoms with Crippen molar-refractivity contribution < 1.29 is 28.5 Å². The van der Waals surface area contributed by atoms with Gasteiger partial charge in [-0.15, -0.1) is 0 Å². The van der Waals surface area contributed by atoms with Gasteiger partial charge in [0.15, 0.2) is 11.5 Å². The second kappa shape index (κ2) is 9.13. The third-order valence-corrected chi connectivity index (χ3v) is 5.77. The van der Waals surface area contributed by atoms with E-state index in [9.17, 15) is 9.59 Å². The van der Waals surface area contributed by atoms with E-state index in [1.54, 1.807) is 38.5 Å². The number of hydrogen-bond donors (Lipinski definition) is 0. The standard InChI is InChI=1S/C22H30O6/c1-14-12-22(21(24)27-6,13-15(2)16(14)3)28-20(23)10-8-17-7-9-18(25-4)19(11-17)26-5/h7-11,14-16H,12-13H2,1-6H3/b10-8+. The minimum absolute atomic E-state index is 0.241. The SMILES string of the molecule is COC(=O)C1(OC(=O)/C=C/c2ccc(OC)c(OC)c2)CC(C)C(C)C(C)C1. The van der Waals surface area contributed by atoms with E-state index in [0.717, 1.165) is 5.56 Å². The molecule has 2 unspecified atom stereocenters. The monoisotopic (exact) mass is 390 g/mol. The van der Waals surface area contributed by atoms with Crippen molar-refractivity contribution in [3.05, 3.63) is 29.8 Å². The Bertz CT molecular complexity index is 727. The maximum Gasteiger partial charge on any atom is 0.350 e. The largest absolute Gasteiger partial charge is 0.493 e. The first-order valence-corrected chi connectivity index (χ1v) is 9.47. The molecular weight excluding hydrogens is 360 g/mol. The van der Waals surface area contributed by atoms with Gasteiger partial charge >= 0.3 is 11.9 Å². The molecule has 6 nitrogen and oxygen atoms in total. The maximum atomic E-state index is 12.5. The molecule has 0 amide bonds. The van der Waals surface area contributed by atoms with Gasteiger partial charge in [0, 0.05) is 18.9 Å². The summed E-state index contributed by atoms with van der Waals surface area (Å²) in [5.74, 6) is 1.02. The zero-order valence-corrected chi connectivity index (χ0v) is 17.5. The van der Waals surface area contributed by atoms with Crippen LogP contribution in [-0.2, 0) is 19.1 Å². The van der Waals surface area contributed by atoms with Crippen LogP contribution < -0.4 is 9.47 Å². The van der Waals surface area contributed by atoms with Crippen molar-refractivity contribution in [2.24, 2.45) is 17.8 Å². The number of hydrogen-bond acceptors (Lipinski definition) is 6. The summed E-state index contributed by atoms with van der Waals surface area (Å²) >= 11 is 0. The second-order valence-electron chi connectivity index (χ2n) is 7.58. The molecule has 154 valence electrons. The molecule has 0 saturated heterocycles. The lowest BCUT2D eigenvalue weighted by Gasteiger charge is -2.43. The summed E-state index contributed by atoms with van der Waals surface area (Å²) in [7, 11) is 4.43. The molecule has 2 rings (SSSR count). The molecule has 2 atom stereocenters. The van der Waals surface area contributed by atoms with E-state index < -0.39 is 17.5 Å². The minimum Gasteiger partial charge on any atom is -0.493 e. The normalized spacial score (nSPS) is 27.3. The average molecular weight is 390 g/mol. The molecule has 0 bridgehead atoms. The molecular formula is C22H30O6. The number of methoxy groups -OCH3 is 3. The van der Waals surface area contributed by atoms with Crippen LogP contribution in [0.5, 0.6) is 11.5 Å². The number of rotatable bonds is 6. The Kier molecular flexibility index (Phi) is 7.11. The van der Waals surface area contributed by atoms with Gasteiger partial charge in [0.1, 0.15) is 0 Å². The van der Waals surface area contributed by atoms with Crippen LogP contribution in [0.1, 0.15) is 39.2 Å². The smallest absolute Gasteiger partial charge is 0.350 e. The Labute approximate surface area is 166 Å². The van der Waals surface area contributed by atoms with Crippen LogP contribution in [-0.4, -0.2) is 38.9 Å². The van der Waals surface area contributed by atoms with Crippen molar-refractivity contribution in [3.63, 3.8) is 0 Å². The molecule has 1 aromatic carbocycles. The third kappa shape index (κ3) is 4.66. The molecule has 0 radical (unpaired) electrons. The fourth-order valence-electron chi connectivity index (χ4n) is 3.88. The van der Waals surface area contributed by atoms with E-state index in [1.165, 1.54) is 13.2 Å². The molecule has 1 fully saturated rings. The van der Waals surface area contributed by atoms with Gasteiger partial charge in [-0.2, -0.15) is 0 Å². The lowest BCUT2D eigenvalue weighted by atomic mass is 9.67. The Morgan fingerprint density at radius 2 is 1.61 bits per heavy atom. The molecule has 6 heteroatoms. The van der Waals surface area contributed by atoms with Crippen molar-refractivity contribution in [3.8, 4) is 11.5 Å². The number of carbonyl (C=O) groups excluding carboxylic acids is 2. The molecule has 0 aromatic heterocycles. The van der Waals surface area contributed by atoms with E-state index in [1.807, 2.05) is 0 Å². The van der Waals surface area contributed by atoms with Crippen molar-refractivity contribution >= 4 is 18.0 Å². The van der Waals surface area contributed by atoms with Crippen LogP contribution in [0.2, 0.25) is 0 Å². The van der Waals surface area contributed by atoms with Gasteiger partial charge in [-0.1, -0.05) is 26.8 Å². The molecule has 0 N–H and O–H groups in total. The number of carbonyl (C=O) groups is 2. The van der Waals surface area contributed by atoms with Gasteiger partial charge in [-0.25, -0.2) is 9.59 Å². The van der Waals surface area contributed by atoms with Crippen molar-refractivity contribution in [1.82, 2.24) is 0 Å². The molecule has 0 spiro atoms. The molecule has 1 aliphatic rings. The molecule has 0 heterocycles. The molecule has 28 heavy (non-hydrogen) atoms. The van der Waals surface area contributed by atoms with E-state index in [4.69, 9.17) is 18.9 Å². The van der Waals surface area contributed by atoms with Crippen LogP contribution >= 0.6 is 0 Å². The van der Waals surface area contributed by atoms with Gasteiger partial charge in [0.05, 0.1) is 21.3 Å². The highest BCUT2D eigenvalue weighted by molar-refractivity contribution is 5.91. The van der Waals surface area contributed by atoms with E-state index in [0.29, 0.717) is 30.3 Å². The van der Waals surface area contributed by atoms with Gasteiger partial charge in [-0.3, -0.25) is 0 Å². The third-order valence-electron chi connectivity index (χ3n) is 5.77. The van der Waals surface area contributed by atoms with Crippen LogP contribution in [0.4, 0.5) is 0 Å². The zero-order chi connectivity index (χ0) is 20.9. The molecule has 1 aliphatic carbocycles. The summed E-state index contributed by atoms with van der Waals surface area (Å²) in [6.07, 6.45) is 3.86. The predicted molar refractivity (Wildman–Crippen MR) is 106 cm³/mol. The van der Waals surface area contributed by atoms with Crippen LogP contribution in [0.25, 0.3) is 6.08 Å². The minimum atomic E-state index is -1.24. The number of ether oxygens (including phenoxy) is 4. The summed E-state index contributed by atoms with van der Waals surface area (Å²) in [6, 6.07) is 5.31. The fourth-order valence-corrected chi connectivity index (χ4v) is 3.88. The zero-order valence-electron chi connectivity index (χ0n) is 17.5. The summed E-state index contributed by atoms with van der Waals surface area (Å²) in [5.41, 5.74) is -0.486. The van der Waals surface area contributed by atoms with E-state index >= 15 is 0 Å². The summed E-state index contributed by atoms with van der Waals surface area (Å²) < 4.78 is 21.1. The first-order chi connectivity index (χ1) is 13.3. The predicted octanol–water partition coefficient (Wildman–Crippen LogP) is 3.87. The van der Waals surface area contributed by atoms with E-state index in [-0.39, 0.29) is 11.8 Å². The Balaban J connectivity index is 2.18. The summed E-state index contributed by atoms with van der Waals surface area (Å²) in [5, 5.41) is 0. The first-order valence-electron chi connectivity index (χ1n) is 9.47. The van der Waals surface area contributed by atoms with E-state index in [2.05, 4.69) is 20.8 Å². The lowest BCUT2D eigenvalue weighted by molar-refractivity contribution is -0.187. The van der Waals surface area contributed by atoms with Crippen molar-refractivity contribution in [2.75, 3.05) is 21.3 Å². The second-order valence-corrected chi connectivity index (χ2v) is 7.58. The van der Waals surface area contributed by atoms with Gasteiger partial charge < -0.3 is 18.9 Å². The van der Waals surface area contributed by atoms with Gasteiger partial charge in [-0.05, 0) is 41.5 Å². The maximum absolute atomic E-state index is 12.5. The first kappa shape index (κ1) is 21.8. The van der Waals surface area contributed by atoms with Crippen LogP contribution in [0.15, 0.2) is 24.3 Å². The Hall–Kier alpha value is -2.50. The highest BCUT2D eigenvalue weighted by Gasteiger charge is 2.50. The van der Waals surface area contributed by atoms with Crippen molar-refractivity contribution in [1.29, 1.82) is 0 Å².